The van der Waals surface area contributed by atoms with Gasteiger partial charge in [0.15, 0.2) is 18.9 Å². The molecule has 0 aromatic heterocycles. The van der Waals surface area contributed by atoms with Gasteiger partial charge in [-0.25, -0.2) is 0 Å². The van der Waals surface area contributed by atoms with E-state index in [1.54, 1.807) is 6.92 Å². The Morgan fingerprint density at radius 1 is 1.08 bits per heavy atom. The van der Waals surface area contributed by atoms with Crippen LogP contribution in [0.4, 0.5) is 0 Å². The molecule has 3 heterocycles. The van der Waals surface area contributed by atoms with Crippen molar-refractivity contribution < 1.29 is 33.6 Å². The number of rotatable bonds is 5. The van der Waals surface area contributed by atoms with E-state index in [-0.39, 0.29) is 18.2 Å². The van der Waals surface area contributed by atoms with Gasteiger partial charge < -0.3 is 28.8 Å². The lowest BCUT2D eigenvalue weighted by atomic mass is 9.72. The van der Waals surface area contributed by atoms with Crippen molar-refractivity contribution in [2.24, 2.45) is 10.8 Å². The molecule has 0 aromatic carbocycles. The molecule has 0 aliphatic carbocycles. The second-order valence-corrected chi connectivity index (χ2v) is 8.71. The Kier molecular flexibility index (Phi) is 5.03. The van der Waals surface area contributed by atoms with Crippen molar-refractivity contribution >= 4 is 5.78 Å². The molecule has 3 aliphatic rings. The average Bonchev–Trinajstić information content (AvgIpc) is 3.14. The Morgan fingerprint density at radius 2 is 1.76 bits per heavy atom. The molecule has 1 N–H and O–H groups in total. The normalized spacial score (nSPS) is 42.0. The quantitative estimate of drug-likeness (QED) is 0.799. The fourth-order valence-electron chi connectivity index (χ4n) is 3.96. The third-order valence-electron chi connectivity index (χ3n) is 5.49. The minimum absolute atomic E-state index is 0.127. The van der Waals surface area contributed by atoms with Gasteiger partial charge in [0, 0.05) is 10.8 Å². The summed E-state index contributed by atoms with van der Waals surface area (Å²) in [4.78, 5) is 11.9. The molecule has 3 fully saturated rings. The number of aliphatic hydroxyl groups is 1. The molecule has 7 unspecified atom stereocenters. The first-order chi connectivity index (χ1) is 11.5. The van der Waals surface area contributed by atoms with Crippen LogP contribution in [0.25, 0.3) is 0 Å². The zero-order valence-corrected chi connectivity index (χ0v) is 15.9. The van der Waals surface area contributed by atoms with Gasteiger partial charge in [0.25, 0.3) is 0 Å². The third kappa shape index (κ3) is 3.63. The first-order valence-corrected chi connectivity index (χ1v) is 8.94. The number of hydrogen-bond donors (Lipinski definition) is 1. The van der Waals surface area contributed by atoms with Crippen LogP contribution in [0.1, 0.15) is 48.0 Å². The maximum atomic E-state index is 11.9. The molecular formula is C18H30O7. The zero-order valence-electron chi connectivity index (χ0n) is 15.9. The van der Waals surface area contributed by atoms with E-state index in [4.69, 9.17) is 23.7 Å². The van der Waals surface area contributed by atoms with Crippen LogP contribution in [0.2, 0.25) is 0 Å². The number of Topliss-reactive ketones (excluding diaryl/α,β-unsaturated/α-hetero) is 1. The van der Waals surface area contributed by atoms with Crippen molar-refractivity contribution in [3.8, 4) is 0 Å². The molecule has 0 saturated carbocycles. The van der Waals surface area contributed by atoms with Gasteiger partial charge in [-0.05, 0) is 20.3 Å². The summed E-state index contributed by atoms with van der Waals surface area (Å²) in [6, 6.07) is 0. The van der Waals surface area contributed by atoms with E-state index in [2.05, 4.69) is 0 Å². The number of ketones is 1. The largest absolute Gasteiger partial charge is 0.387 e. The molecule has 0 aromatic rings. The van der Waals surface area contributed by atoms with Crippen LogP contribution in [0.15, 0.2) is 0 Å². The highest BCUT2D eigenvalue weighted by atomic mass is 16.8. The van der Waals surface area contributed by atoms with Gasteiger partial charge in [-0.1, -0.05) is 27.7 Å². The van der Waals surface area contributed by atoms with E-state index in [1.807, 2.05) is 34.6 Å². The lowest BCUT2D eigenvalue weighted by Crippen LogP contribution is -2.43. The van der Waals surface area contributed by atoms with Crippen molar-refractivity contribution in [3.05, 3.63) is 0 Å². The van der Waals surface area contributed by atoms with E-state index >= 15 is 0 Å². The molecular weight excluding hydrogens is 328 g/mol. The highest BCUT2D eigenvalue weighted by Gasteiger charge is 2.57. The standard InChI is InChI=1S/C18H30O7/c1-9(19)17(3,4)8-18(5,6)16-24-14-12(20)13(23-15(14)25-16)11-7-21-10(2)22-11/h10-16,20H,7-8H2,1-6H3. The molecule has 0 bridgehead atoms. The summed E-state index contributed by atoms with van der Waals surface area (Å²) < 4.78 is 28.8. The number of aliphatic hydroxyl groups excluding tert-OH is 1. The Labute approximate surface area is 148 Å². The fraction of sp³-hybridized carbons (Fsp3) is 0.944. The maximum absolute atomic E-state index is 11.9. The smallest absolute Gasteiger partial charge is 0.190 e. The van der Waals surface area contributed by atoms with Crippen molar-refractivity contribution in [1.82, 2.24) is 0 Å². The minimum atomic E-state index is -0.842. The molecule has 144 valence electrons. The van der Waals surface area contributed by atoms with Crippen LogP contribution in [0.3, 0.4) is 0 Å². The van der Waals surface area contributed by atoms with E-state index in [9.17, 15) is 9.90 Å². The lowest BCUT2D eigenvalue weighted by Gasteiger charge is -2.37. The minimum Gasteiger partial charge on any atom is -0.387 e. The Bertz CT molecular complexity index is 518. The second-order valence-electron chi connectivity index (χ2n) is 8.71. The average molecular weight is 358 g/mol. The Morgan fingerprint density at radius 3 is 2.28 bits per heavy atom. The van der Waals surface area contributed by atoms with Crippen LogP contribution in [-0.2, 0) is 28.5 Å². The van der Waals surface area contributed by atoms with E-state index in [1.165, 1.54) is 0 Å². The summed E-state index contributed by atoms with van der Waals surface area (Å²) >= 11 is 0. The van der Waals surface area contributed by atoms with Crippen molar-refractivity contribution in [2.45, 2.75) is 91.2 Å². The van der Waals surface area contributed by atoms with E-state index in [0.717, 1.165) is 0 Å². The third-order valence-corrected chi connectivity index (χ3v) is 5.49. The molecule has 25 heavy (non-hydrogen) atoms. The molecule has 3 rings (SSSR count). The molecule has 7 heteroatoms. The van der Waals surface area contributed by atoms with E-state index < -0.39 is 41.7 Å². The van der Waals surface area contributed by atoms with Gasteiger partial charge in [-0.3, -0.25) is 4.79 Å². The predicted octanol–water partition coefficient (Wildman–Crippen LogP) is 1.61. The summed E-state index contributed by atoms with van der Waals surface area (Å²) in [5.74, 6) is 0.127. The molecule has 3 aliphatic heterocycles. The van der Waals surface area contributed by atoms with Crippen LogP contribution < -0.4 is 0 Å². The van der Waals surface area contributed by atoms with Gasteiger partial charge in [0.2, 0.25) is 0 Å². The number of hydrogen-bond acceptors (Lipinski definition) is 7. The molecule has 3 saturated heterocycles. The van der Waals surface area contributed by atoms with Crippen LogP contribution in [0.5, 0.6) is 0 Å². The van der Waals surface area contributed by atoms with Crippen molar-refractivity contribution in [1.29, 1.82) is 0 Å². The fourth-order valence-corrected chi connectivity index (χ4v) is 3.96. The number of fused-ring (bicyclic) bond motifs is 1. The monoisotopic (exact) mass is 358 g/mol. The van der Waals surface area contributed by atoms with Crippen LogP contribution in [0, 0.1) is 10.8 Å². The molecule has 0 amide bonds. The second kappa shape index (κ2) is 6.55. The lowest BCUT2D eigenvalue weighted by molar-refractivity contribution is -0.221. The summed E-state index contributed by atoms with van der Waals surface area (Å²) in [6.07, 6.45) is -3.14. The first kappa shape index (κ1) is 19.2. The highest BCUT2D eigenvalue weighted by Crippen LogP contribution is 2.45. The molecule has 0 radical (unpaired) electrons. The topological polar surface area (TPSA) is 83.5 Å². The first-order valence-electron chi connectivity index (χ1n) is 8.94. The molecule has 7 atom stereocenters. The van der Waals surface area contributed by atoms with Gasteiger partial charge >= 0.3 is 0 Å². The predicted molar refractivity (Wildman–Crippen MR) is 87.6 cm³/mol. The Hall–Kier alpha value is -0.570. The Balaban J connectivity index is 1.63. The number of carbonyl (C=O) groups excluding carboxylic acids is 1. The summed E-state index contributed by atoms with van der Waals surface area (Å²) in [5, 5.41) is 10.6. The van der Waals surface area contributed by atoms with Crippen LogP contribution >= 0.6 is 0 Å². The molecule has 0 spiro atoms. The van der Waals surface area contributed by atoms with Crippen LogP contribution in [-0.4, -0.2) is 60.8 Å². The SMILES string of the molecule is CC(=O)C(C)(C)CC(C)(C)C1OC2OC(C3COC(C)O3)C(O)C2O1. The summed E-state index contributed by atoms with van der Waals surface area (Å²) in [7, 11) is 0. The van der Waals surface area contributed by atoms with Gasteiger partial charge in [0.1, 0.15) is 30.2 Å². The van der Waals surface area contributed by atoms with Gasteiger partial charge in [0.05, 0.1) is 6.61 Å². The van der Waals surface area contributed by atoms with Crippen molar-refractivity contribution in [3.63, 3.8) is 0 Å². The van der Waals surface area contributed by atoms with Gasteiger partial charge in [-0.2, -0.15) is 0 Å². The van der Waals surface area contributed by atoms with Crippen molar-refractivity contribution in [2.75, 3.05) is 6.61 Å². The summed E-state index contributed by atoms with van der Waals surface area (Å²) in [5.41, 5.74) is -0.874. The molecule has 7 nitrogen and oxygen atoms in total. The highest BCUT2D eigenvalue weighted by molar-refractivity contribution is 5.81. The zero-order chi connectivity index (χ0) is 18.6. The number of carbonyl (C=O) groups is 1. The maximum Gasteiger partial charge on any atom is 0.190 e. The van der Waals surface area contributed by atoms with Gasteiger partial charge in [-0.15, -0.1) is 0 Å². The summed E-state index contributed by atoms with van der Waals surface area (Å²) in [6.45, 7) is 11.6. The number of ether oxygens (including phenoxy) is 5. The van der Waals surface area contributed by atoms with E-state index in [0.29, 0.717) is 13.0 Å².